The van der Waals surface area contributed by atoms with Gasteiger partial charge in [-0.3, -0.25) is 4.79 Å². The van der Waals surface area contributed by atoms with E-state index in [0.29, 0.717) is 12.8 Å². The zero-order valence-electron chi connectivity index (χ0n) is 7.38. The van der Waals surface area contributed by atoms with Gasteiger partial charge in [0.1, 0.15) is 6.04 Å². The van der Waals surface area contributed by atoms with Crippen LogP contribution in [0.1, 0.15) is 12.8 Å². The van der Waals surface area contributed by atoms with Gasteiger partial charge in [-0.25, -0.2) is 8.42 Å². The first-order valence-electron chi connectivity index (χ1n) is 4.08. The zero-order chi connectivity index (χ0) is 10.8. The summed E-state index contributed by atoms with van der Waals surface area (Å²) in [5.74, 6) is -1.81. The van der Waals surface area contributed by atoms with E-state index >= 15 is 0 Å². The Morgan fingerprint density at radius 3 is 2.79 bits per heavy atom. The molecule has 0 amide bonds. The second-order valence-electron chi connectivity index (χ2n) is 3.02. The maximum absolute atomic E-state index is 11.4. The Balaban J connectivity index is 2.88. The number of hydrogen-bond donors (Lipinski definition) is 1. The third-order valence-corrected chi connectivity index (χ3v) is 3.74. The maximum Gasteiger partial charge on any atom is 0.322 e. The van der Waals surface area contributed by atoms with Crippen LogP contribution >= 0.6 is 0 Å². The molecule has 78 valence electrons. The Bertz CT molecular complexity index is 370. The molecule has 1 N–H and O–H groups in total. The minimum atomic E-state index is -3.71. The van der Waals surface area contributed by atoms with E-state index in [1.807, 2.05) is 0 Å². The van der Waals surface area contributed by atoms with Crippen molar-refractivity contribution in [3.8, 4) is 6.07 Å². The number of carboxylic acid groups (broad SMARTS) is 1. The molecule has 1 rings (SSSR count). The van der Waals surface area contributed by atoms with Gasteiger partial charge in [0.25, 0.3) is 0 Å². The zero-order valence-corrected chi connectivity index (χ0v) is 8.20. The van der Waals surface area contributed by atoms with Crippen molar-refractivity contribution in [3.05, 3.63) is 0 Å². The summed E-state index contributed by atoms with van der Waals surface area (Å²) in [5.41, 5.74) is 0. The molecule has 1 heterocycles. The smallest absolute Gasteiger partial charge is 0.322 e. The fourth-order valence-corrected chi connectivity index (χ4v) is 2.80. The number of carbonyl (C=O) groups is 1. The largest absolute Gasteiger partial charge is 0.480 e. The summed E-state index contributed by atoms with van der Waals surface area (Å²) in [6.45, 7) is 0.195. The minimum absolute atomic E-state index is 0.195. The SMILES string of the molecule is N#CCS(=O)(=O)N1CCC[C@@H]1C(=O)O. The van der Waals surface area contributed by atoms with Crippen molar-refractivity contribution in [2.75, 3.05) is 12.3 Å². The summed E-state index contributed by atoms with van der Waals surface area (Å²) < 4.78 is 23.7. The van der Waals surface area contributed by atoms with E-state index in [0.717, 1.165) is 4.31 Å². The van der Waals surface area contributed by atoms with Crippen molar-refractivity contribution in [2.24, 2.45) is 0 Å². The van der Waals surface area contributed by atoms with Gasteiger partial charge in [-0.15, -0.1) is 0 Å². The monoisotopic (exact) mass is 218 g/mol. The van der Waals surface area contributed by atoms with Crippen molar-refractivity contribution < 1.29 is 18.3 Å². The molecule has 1 fully saturated rings. The van der Waals surface area contributed by atoms with Gasteiger partial charge < -0.3 is 5.11 Å². The van der Waals surface area contributed by atoms with Crippen molar-refractivity contribution in [1.82, 2.24) is 4.31 Å². The third kappa shape index (κ3) is 2.02. The molecule has 0 aliphatic carbocycles. The number of rotatable bonds is 3. The predicted octanol–water partition coefficient (Wildman–Crippen LogP) is -0.611. The van der Waals surface area contributed by atoms with Crippen LogP contribution < -0.4 is 0 Å². The number of aliphatic carboxylic acids is 1. The second-order valence-corrected chi connectivity index (χ2v) is 4.94. The van der Waals surface area contributed by atoms with E-state index in [9.17, 15) is 13.2 Å². The molecule has 0 aromatic heterocycles. The lowest BCUT2D eigenvalue weighted by Gasteiger charge is -2.18. The Kier molecular flexibility index (Phi) is 3.08. The molecule has 1 aliphatic heterocycles. The van der Waals surface area contributed by atoms with Gasteiger partial charge in [0.15, 0.2) is 5.75 Å². The Labute approximate surface area is 81.8 Å². The van der Waals surface area contributed by atoms with Crippen molar-refractivity contribution in [1.29, 1.82) is 5.26 Å². The molecule has 1 aliphatic rings. The van der Waals surface area contributed by atoms with Gasteiger partial charge in [0.05, 0.1) is 6.07 Å². The van der Waals surface area contributed by atoms with Crippen LogP contribution in [0.5, 0.6) is 0 Å². The van der Waals surface area contributed by atoms with Gasteiger partial charge in [-0.2, -0.15) is 9.57 Å². The van der Waals surface area contributed by atoms with Crippen molar-refractivity contribution in [2.45, 2.75) is 18.9 Å². The second kappa shape index (κ2) is 3.94. The first-order valence-corrected chi connectivity index (χ1v) is 5.69. The van der Waals surface area contributed by atoms with Crippen LogP contribution in [0.25, 0.3) is 0 Å². The van der Waals surface area contributed by atoms with Crippen LogP contribution in [0.15, 0.2) is 0 Å². The minimum Gasteiger partial charge on any atom is -0.480 e. The van der Waals surface area contributed by atoms with Crippen LogP contribution in [0.3, 0.4) is 0 Å². The van der Waals surface area contributed by atoms with Gasteiger partial charge in [0, 0.05) is 6.54 Å². The Morgan fingerprint density at radius 2 is 2.29 bits per heavy atom. The number of carboxylic acids is 1. The third-order valence-electron chi connectivity index (χ3n) is 2.09. The lowest BCUT2D eigenvalue weighted by atomic mass is 10.2. The van der Waals surface area contributed by atoms with E-state index < -0.39 is 27.8 Å². The highest BCUT2D eigenvalue weighted by Gasteiger charge is 2.38. The van der Waals surface area contributed by atoms with Gasteiger partial charge >= 0.3 is 5.97 Å². The number of nitriles is 1. The number of nitrogens with zero attached hydrogens (tertiary/aromatic N) is 2. The van der Waals surface area contributed by atoms with Gasteiger partial charge in [-0.05, 0) is 12.8 Å². The van der Waals surface area contributed by atoms with Crippen LogP contribution in [-0.2, 0) is 14.8 Å². The maximum atomic E-state index is 11.4. The van der Waals surface area contributed by atoms with Gasteiger partial charge in [-0.1, -0.05) is 0 Å². The summed E-state index contributed by atoms with van der Waals surface area (Å²) in [6.07, 6.45) is 0.849. The highest BCUT2D eigenvalue weighted by atomic mass is 32.2. The Morgan fingerprint density at radius 1 is 1.64 bits per heavy atom. The molecular formula is C7H10N2O4S. The Hall–Kier alpha value is -1.13. The quantitative estimate of drug-likeness (QED) is 0.681. The first-order chi connectivity index (χ1) is 6.49. The molecule has 0 spiro atoms. The fraction of sp³-hybridized carbons (Fsp3) is 0.714. The molecular weight excluding hydrogens is 208 g/mol. The van der Waals surface area contributed by atoms with E-state index in [2.05, 4.69) is 0 Å². The molecule has 1 saturated heterocycles. The van der Waals surface area contributed by atoms with E-state index in [4.69, 9.17) is 10.4 Å². The van der Waals surface area contributed by atoms with E-state index in [-0.39, 0.29) is 6.54 Å². The molecule has 0 radical (unpaired) electrons. The molecule has 6 nitrogen and oxygen atoms in total. The topological polar surface area (TPSA) is 98.5 Å². The summed E-state index contributed by atoms with van der Waals surface area (Å²) in [4.78, 5) is 10.7. The molecule has 0 aromatic rings. The highest BCUT2D eigenvalue weighted by molar-refractivity contribution is 7.89. The normalized spacial score (nSPS) is 23.2. The summed E-state index contributed by atoms with van der Waals surface area (Å²) in [6, 6.07) is 0.530. The summed E-state index contributed by atoms with van der Waals surface area (Å²) in [5, 5.41) is 17.0. The molecule has 14 heavy (non-hydrogen) atoms. The average Bonchev–Trinajstić information content (AvgIpc) is 2.51. The average molecular weight is 218 g/mol. The molecule has 0 unspecified atom stereocenters. The molecule has 0 bridgehead atoms. The molecule has 0 aromatic carbocycles. The van der Waals surface area contributed by atoms with Crippen molar-refractivity contribution in [3.63, 3.8) is 0 Å². The lowest BCUT2D eigenvalue weighted by molar-refractivity contribution is -0.140. The standard InChI is InChI=1S/C7H10N2O4S/c8-3-5-14(12,13)9-4-1-2-6(9)7(10)11/h6H,1-2,4-5H2,(H,10,11)/t6-/m1/s1. The van der Waals surface area contributed by atoms with Crippen LogP contribution in [0.4, 0.5) is 0 Å². The molecule has 0 saturated carbocycles. The molecule has 7 heteroatoms. The van der Waals surface area contributed by atoms with E-state index in [1.165, 1.54) is 6.07 Å². The highest BCUT2D eigenvalue weighted by Crippen LogP contribution is 2.21. The number of hydrogen-bond acceptors (Lipinski definition) is 4. The summed E-state index contributed by atoms with van der Waals surface area (Å²) >= 11 is 0. The number of sulfonamides is 1. The van der Waals surface area contributed by atoms with Crippen molar-refractivity contribution >= 4 is 16.0 Å². The molecule has 1 atom stereocenters. The fourth-order valence-electron chi connectivity index (χ4n) is 1.48. The predicted molar refractivity (Wildman–Crippen MR) is 46.8 cm³/mol. The lowest BCUT2D eigenvalue weighted by Crippen LogP contribution is -2.41. The van der Waals surface area contributed by atoms with Gasteiger partial charge in [0.2, 0.25) is 10.0 Å². The van der Waals surface area contributed by atoms with E-state index in [1.54, 1.807) is 0 Å². The van der Waals surface area contributed by atoms with Crippen LogP contribution in [-0.4, -0.2) is 42.1 Å². The first kappa shape index (κ1) is 10.9. The summed E-state index contributed by atoms with van der Waals surface area (Å²) in [7, 11) is -3.71. The van der Waals surface area contributed by atoms with Crippen LogP contribution in [0.2, 0.25) is 0 Å². The van der Waals surface area contributed by atoms with Crippen LogP contribution in [0, 0.1) is 11.3 Å².